The summed E-state index contributed by atoms with van der Waals surface area (Å²) in [5.41, 5.74) is 2.01. The Kier molecular flexibility index (Phi) is 2.43. The molecule has 0 aliphatic carbocycles. The minimum Gasteiger partial charge on any atom is -0.270 e. The van der Waals surface area contributed by atoms with Crippen LogP contribution < -0.4 is 0 Å². The van der Waals surface area contributed by atoms with Gasteiger partial charge in [0.1, 0.15) is 9.98 Å². The molecule has 0 saturated carbocycles. The zero-order valence-electron chi connectivity index (χ0n) is 9.14. The second kappa shape index (κ2) is 3.84. The minimum atomic E-state index is 0.627. The number of nitrogens with zero attached hydrogens (tertiary/aromatic N) is 1. The summed E-state index contributed by atoms with van der Waals surface area (Å²) in [6.07, 6.45) is 0. The number of hydroxylamine groups is 2. The van der Waals surface area contributed by atoms with E-state index in [0.29, 0.717) is 9.98 Å². The predicted molar refractivity (Wildman–Crippen MR) is 76.2 cm³/mol. The topological polar surface area (TPSA) is 12.5 Å². The van der Waals surface area contributed by atoms with E-state index in [1.807, 2.05) is 24.3 Å². The predicted octanol–water partition coefficient (Wildman–Crippen LogP) is 3.07. The Morgan fingerprint density at radius 2 is 1.47 bits per heavy atom. The molecule has 0 bridgehead atoms. The monoisotopic (exact) mass is 259 g/mol. The van der Waals surface area contributed by atoms with Gasteiger partial charge in [-0.2, -0.15) is 5.06 Å². The summed E-state index contributed by atoms with van der Waals surface area (Å²) < 4.78 is 0. The van der Waals surface area contributed by atoms with Crippen LogP contribution in [0.1, 0.15) is 11.1 Å². The molecule has 0 atom stereocenters. The first-order valence-electron chi connectivity index (χ1n) is 5.18. The third kappa shape index (κ3) is 1.42. The number of benzene rings is 2. The van der Waals surface area contributed by atoms with Crippen LogP contribution in [0.25, 0.3) is 10.8 Å². The fraction of sp³-hybridized carbons (Fsp3) is 0.0769. The quantitative estimate of drug-likeness (QED) is 0.729. The second-order valence-corrected chi connectivity index (χ2v) is 4.57. The summed E-state index contributed by atoms with van der Waals surface area (Å²) in [5, 5.41) is 3.81. The largest absolute Gasteiger partial charge is 0.270 e. The molecule has 0 aromatic heterocycles. The first-order chi connectivity index (χ1) is 8.24. The summed E-state index contributed by atoms with van der Waals surface area (Å²) in [7, 11) is 1.58. The molecule has 3 rings (SSSR count). The van der Waals surface area contributed by atoms with Gasteiger partial charge in [0.15, 0.2) is 0 Å². The van der Waals surface area contributed by atoms with Crippen LogP contribution in [0.3, 0.4) is 0 Å². The van der Waals surface area contributed by atoms with Crippen LogP contribution in [0.4, 0.5) is 0 Å². The third-order valence-electron chi connectivity index (χ3n) is 2.92. The molecule has 1 aliphatic heterocycles. The average molecular weight is 259 g/mol. The maximum Gasteiger partial charge on any atom is 0.141 e. The standard InChI is InChI=1S/C13H9NOS2/c1-15-14-12(16)9-6-2-4-8-5-3-7-10(11(8)9)13(14)17/h2-7H,1H3. The van der Waals surface area contributed by atoms with Crippen molar-refractivity contribution in [2.45, 2.75) is 0 Å². The molecule has 1 aliphatic rings. The van der Waals surface area contributed by atoms with Crippen LogP contribution in [0.15, 0.2) is 36.4 Å². The Hall–Kier alpha value is -1.36. The molecule has 0 saturated heterocycles. The molecule has 2 aromatic carbocycles. The lowest BCUT2D eigenvalue weighted by Gasteiger charge is -2.29. The zero-order valence-corrected chi connectivity index (χ0v) is 10.8. The van der Waals surface area contributed by atoms with Crippen molar-refractivity contribution in [3.63, 3.8) is 0 Å². The lowest BCUT2D eigenvalue weighted by molar-refractivity contribution is 0.00638. The molecule has 0 radical (unpaired) electrons. The van der Waals surface area contributed by atoms with Crippen LogP contribution >= 0.6 is 24.4 Å². The third-order valence-corrected chi connectivity index (χ3v) is 3.69. The Morgan fingerprint density at radius 3 is 1.94 bits per heavy atom. The van der Waals surface area contributed by atoms with E-state index >= 15 is 0 Å². The fourth-order valence-electron chi connectivity index (χ4n) is 2.17. The highest BCUT2D eigenvalue weighted by Crippen LogP contribution is 2.30. The SMILES string of the molecule is CON1C(=S)c2cccc3cccc(c23)C1=S. The van der Waals surface area contributed by atoms with Crippen LogP contribution in [-0.2, 0) is 4.84 Å². The molecule has 0 fully saturated rings. The number of hydrogen-bond donors (Lipinski definition) is 0. The van der Waals surface area contributed by atoms with Gasteiger partial charge in [0, 0.05) is 16.5 Å². The van der Waals surface area contributed by atoms with E-state index in [2.05, 4.69) is 12.1 Å². The van der Waals surface area contributed by atoms with Crippen molar-refractivity contribution in [3.8, 4) is 0 Å². The van der Waals surface area contributed by atoms with Gasteiger partial charge in [-0.15, -0.1) is 0 Å². The van der Waals surface area contributed by atoms with Crippen molar-refractivity contribution in [2.24, 2.45) is 0 Å². The highest BCUT2D eigenvalue weighted by molar-refractivity contribution is 7.82. The highest BCUT2D eigenvalue weighted by Gasteiger charge is 2.27. The average Bonchev–Trinajstić information content (AvgIpc) is 2.36. The molecule has 17 heavy (non-hydrogen) atoms. The maximum atomic E-state index is 5.40. The van der Waals surface area contributed by atoms with Gasteiger partial charge in [-0.3, -0.25) is 4.84 Å². The van der Waals surface area contributed by atoms with E-state index < -0.39 is 0 Å². The van der Waals surface area contributed by atoms with Crippen molar-refractivity contribution >= 4 is 45.2 Å². The smallest absolute Gasteiger partial charge is 0.141 e. The van der Waals surface area contributed by atoms with Gasteiger partial charge in [0.05, 0.1) is 7.11 Å². The van der Waals surface area contributed by atoms with E-state index in [1.165, 1.54) is 5.06 Å². The molecule has 2 aromatic rings. The lowest BCUT2D eigenvalue weighted by atomic mass is 9.96. The number of hydrogen-bond acceptors (Lipinski definition) is 3. The Bertz CT molecular complexity index is 600. The van der Waals surface area contributed by atoms with Crippen molar-refractivity contribution in [1.29, 1.82) is 0 Å². The van der Waals surface area contributed by atoms with Gasteiger partial charge in [-0.1, -0.05) is 60.8 Å². The van der Waals surface area contributed by atoms with Gasteiger partial charge in [-0.25, -0.2) is 0 Å². The van der Waals surface area contributed by atoms with E-state index in [-0.39, 0.29) is 0 Å². The van der Waals surface area contributed by atoms with E-state index in [9.17, 15) is 0 Å². The summed E-state index contributed by atoms with van der Waals surface area (Å²) >= 11 is 10.8. The fourth-order valence-corrected chi connectivity index (χ4v) is 2.90. The molecule has 4 heteroatoms. The molecule has 0 unspecified atom stereocenters. The molecule has 1 heterocycles. The van der Waals surface area contributed by atoms with Gasteiger partial charge < -0.3 is 0 Å². The summed E-state index contributed by atoms with van der Waals surface area (Å²) in [4.78, 5) is 6.51. The van der Waals surface area contributed by atoms with E-state index in [0.717, 1.165) is 21.9 Å². The summed E-state index contributed by atoms with van der Waals surface area (Å²) in [6, 6.07) is 12.1. The maximum absolute atomic E-state index is 5.40. The Balaban J connectivity index is 2.43. The van der Waals surface area contributed by atoms with E-state index in [4.69, 9.17) is 29.3 Å². The first-order valence-corrected chi connectivity index (χ1v) is 6.00. The summed E-state index contributed by atoms with van der Waals surface area (Å²) in [6.45, 7) is 0. The van der Waals surface area contributed by atoms with Crippen molar-refractivity contribution in [2.75, 3.05) is 7.11 Å². The van der Waals surface area contributed by atoms with Gasteiger partial charge in [-0.05, 0) is 5.39 Å². The van der Waals surface area contributed by atoms with Gasteiger partial charge in [0.25, 0.3) is 0 Å². The molecular formula is C13H9NOS2. The number of thiocarbonyl (C=S) groups is 2. The van der Waals surface area contributed by atoms with Crippen LogP contribution in [0, 0.1) is 0 Å². The second-order valence-electron chi connectivity index (χ2n) is 3.80. The minimum absolute atomic E-state index is 0.627. The van der Waals surface area contributed by atoms with Crippen molar-refractivity contribution < 1.29 is 4.84 Å². The molecule has 0 spiro atoms. The Labute approximate surface area is 110 Å². The number of rotatable bonds is 1. The first kappa shape index (κ1) is 10.8. The normalized spacial score (nSPS) is 14.5. The molecule has 84 valence electrons. The summed E-state index contributed by atoms with van der Waals surface area (Å²) in [5.74, 6) is 0. The molecular weight excluding hydrogens is 250 g/mol. The van der Waals surface area contributed by atoms with Gasteiger partial charge in [0.2, 0.25) is 0 Å². The highest BCUT2D eigenvalue weighted by atomic mass is 32.1. The van der Waals surface area contributed by atoms with Gasteiger partial charge >= 0.3 is 0 Å². The molecule has 2 nitrogen and oxygen atoms in total. The Morgan fingerprint density at radius 1 is 0.941 bits per heavy atom. The van der Waals surface area contributed by atoms with E-state index in [1.54, 1.807) is 7.11 Å². The van der Waals surface area contributed by atoms with Crippen molar-refractivity contribution in [1.82, 2.24) is 5.06 Å². The van der Waals surface area contributed by atoms with Crippen LogP contribution in [0.2, 0.25) is 0 Å². The molecule has 0 amide bonds. The van der Waals surface area contributed by atoms with Crippen molar-refractivity contribution in [3.05, 3.63) is 47.5 Å². The molecule has 0 N–H and O–H groups in total. The lowest BCUT2D eigenvalue weighted by Crippen LogP contribution is -2.38. The zero-order chi connectivity index (χ0) is 12.0. The van der Waals surface area contributed by atoms with Crippen LogP contribution in [-0.4, -0.2) is 22.2 Å². The van der Waals surface area contributed by atoms with Crippen LogP contribution in [0.5, 0.6) is 0 Å².